The Labute approximate surface area is 210 Å². The molecular formula is C26H33IN2O4. The van der Waals surface area contributed by atoms with Gasteiger partial charge in [-0.3, -0.25) is 9.80 Å². The molecule has 2 rings (SSSR count). The second-order valence-electron chi connectivity index (χ2n) is 9.53. The van der Waals surface area contributed by atoms with Crippen molar-refractivity contribution in [1.82, 2.24) is 0 Å². The first-order valence-corrected chi connectivity index (χ1v) is 11.8. The minimum atomic E-state index is -0.663. The number of carbonyl (C=O) groups is 2. The van der Waals surface area contributed by atoms with E-state index in [9.17, 15) is 9.59 Å². The second kappa shape index (κ2) is 10.6. The lowest BCUT2D eigenvalue weighted by atomic mass is 10.1. The van der Waals surface area contributed by atoms with Crippen molar-refractivity contribution in [3.05, 3.63) is 59.2 Å². The summed E-state index contributed by atoms with van der Waals surface area (Å²) >= 11 is 2.23. The number of rotatable bonds is 6. The van der Waals surface area contributed by atoms with Gasteiger partial charge >= 0.3 is 12.2 Å². The number of amides is 2. The van der Waals surface area contributed by atoms with Gasteiger partial charge in [0.15, 0.2) is 0 Å². The lowest BCUT2D eigenvalue weighted by molar-refractivity contribution is 0.0575. The standard InChI is InChI=1S/C26H33IN2O4/c1-9-15-28(23(30)32-25(3,4)5)20-17-21(22(27)19-14-12-11-13-18(19)20)29(16-10-2)24(31)33-26(6,7)8/h9-14,17H,1-2,15-16H2,3-8H3. The lowest BCUT2D eigenvalue weighted by Gasteiger charge is -2.31. The molecule has 0 heterocycles. The van der Waals surface area contributed by atoms with Crippen LogP contribution in [0.5, 0.6) is 0 Å². The predicted molar refractivity (Wildman–Crippen MR) is 144 cm³/mol. The zero-order valence-electron chi connectivity index (χ0n) is 20.3. The van der Waals surface area contributed by atoms with Crippen LogP contribution in [0.1, 0.15) is 41.5 Å². The molecule has 2 aromatic rings. The minimum Gasteiger partial charge on any atom is -0.443 e. The van der Waals surface area contributed by atoms with Gasteiger partial charge in [0.25, 0.3) is 0 Å². The van der Waals surface area contributed by atoms with Gasteiger partial charge in [-0.25, -0.2) is 9.59 Å². The Morgan fingerprint density at radius 1 is 0.848 bits per heavy atom. The average Bonchev–Trinajstić information content (AvgIpc) is 2.69. The molecule has 2 amide bonds. The summed E-state index contributed by atoms with van der Waals surface area (Å²) in [6.07, 6.45) is 2.30. The molecule has 178 valence electrons. The molecule has 0 fully saturated rings. The average molecular weight is 564 g/mol. The first kappa shape index (κ1) is 26.7. The van der Waals surface area contributed by atoms with Crippen LogP contribution in [0.3, 0.4) is 0 Å². The van der Waals surface area contributed by atoms with Crippen LogP contribution in [0.15, 0.2) is 55.6 Å². The van der Waals surface area contributed by atoms with Gasteiger partial charge in [0, 0.05) is 22.0 Å². The summed E-state index contributed by atoms with van der Waals surface area (Å²) < 4.78 is 12.2. The Morgan fingerprint density at radius 2 is 1.27 bits per heavy atom. The van der Waals surface area contributed by atoms with E-state index < -0.39 is 23.4 Å². The van der Waals surface area contributed by atoms with Gasteiger partial charge in [0.2, 0.25) is 0 Å². The van der Waals surface area contributed by atoms with Gasteiger partial charge in [-0.1, -0.05) is 36.4 Å². The van der Waals surface area contributed by atoms with Crippen molar-refractivity contribution in [2.75, 3.05) is 22.9 Å². The molecule has 0 unspecified atom stereocenters. The summed E-state index contributed by atoms with van der Waals surface area (Å²) in [7, 11) is 0. The third-order valence-corrected chi connectivity index (χ3v) is 5.50. The number of nitrogens with zero attached hydrogens (tertiary/aromatic N) is 2. The highest BCUT2D eigenvalue weighted by atomic mass is 127. The van der Waals surface area contributed by atoms with E-state index in [-0.39, 0.29) is 13.1 Å². The van der Waals surface area contributed by atoms with E-state index in [2.05, 4.69) is 35.7 Å². The number of halogens is 1. The summed E-state index contributed by atoms with van der Waals surface area (Å²) in [6.45, 7) is 19.0. The van der Waals surface area contributed by atoms with Crippen LogP contribution in [0.25, 0.3) is 10.8 Å². The molecule has 6 nitrogen and oxygen atoms in total. The quantitative estimate of drug-likeness (QED) is 0.273. The summed E-state index contributed by atoms with van der Waals surface area (Å²) in [6, 6.07) is 9.58. The topological polar surface area (TPSA) is 59.1 Å². The zero-order valence-corrected chi connectivity index (χ0v) is 22.4. The van der Waals surface area contributed by atoms with Crippen molar-refractivity contribution in [3.63, 3.8) is 0 Å². The fraction of sp³-hybridized carbons (Fsp3) is 0.385. The minimum absolute atomic E-state index is 0.243. The van der Waals surface area contributed by atoms with E-state index >= 15 is 0 Å². The van der Waals surface area contributed by atoms with Gasteiger partial charge in [-0.15, -0.1) is 13.2 Å². The van der Waals surface area contributed by atoms with Crippen molar-refractivity contribution in [2.24, 2.45) is 0 Å². The summed E-state index contributed by atoms with van der Waals surface area (Å²) in [4.78, 5) is 29.3. The van der Waals surface area contributed by atoms with Gasteiger partial charge in [-0.05, 0) is 75.6 Å². The van der Waals surface area contributed by atoms with E-state index in [0.717, 1.165) is 14.3 Å². The Hall–Kier alpha value is -2.55. The highest BCUT2D eigenvalue weighted by molar-refractivity contribution is 14.1. The van der Waals surface area contributed by atoms with Crippen LogP contribution < -0.4 is 9.80 Å². The number of fused-ring (bicyclic) bond motifs is 1. The molecule has 0 aliphatic rings. The number of anilines is 2. The van der Waals surface area contributed by atoms with Gasteiger partial charge in [0.1, 0.15) is 11.2 Å². The van der Waals surface area contributed by atoms with E-state index in [1.807, 2.05) is 71.9 Å². The number of benzene rings is 2. The lowest BCUT2D eigenvalue weighted by Crippen LogP contribution is -2.39. The summed E-state index contributed by atoms with van der Waals surface area (Å²) in [5.41, 5.74) is -0.0830. The van der Waals surface area contributed by atoms with Crippen molar-refractivity contribution in [2.45, 2.75) is 52.7 Å². The van der Waals surface area contributed by atoms with Gasteiger partial charge in [-0.2, -0.15) is 0 Å². The van der Waals surface area contributed by atoms with Crippen molar-refractivity contribution < 1.29 is 19.1 Å². The number of hydrogen-bond donors (Lipinski definition) is 0. The van der Waals surface area contributed by atoms with Crippen LogP contribution >= 0.6 is 22.6 Å². The maximum absolute atomic E-state index is 13.1. The molecule has 0 aliphatic carbocycles. The second-order valence-corrected chi connectivity index (χ2v) is 10.6. The first-order chi connectivity index (χ1) is 15.3. The fourth-order valence-electron chi connectivity index (χ4n) is 3.16. The molecular weight excluding hydrogens is 531 g/mol. The molecule has 0 N–H and O–H groups in total. The molecule has 0 atom stereocenters. The number of carbonyl (C=O) groups excluding carboxylic acids is 2. The zero-order chi connectivity index (χ0) is 25.0. The van der Waals surface area contributed by atoms with Crippen LogP contribution in [0, 0.1) is 3.57 Å². The molecule has 0 bridgehead atoms. The molecule has 0 aliphatic heterocycles. The molecule has 0 radical (unpaired) electrons. The van der Waals surface area contributed by atoms with E-state index in [0.29, 0.717) is 11.4 Å². The SMILES string of the molecule is C=CCN(C(=O)OC(C)(C)C)c1cc(N(CC=C)C(=O)OC(C)(C)C)c2ccccc2c1I. The summed E-state index contributed by atoms with van der Waals surface area (Å²) in [5, 5.41) is 1.77. The first-order valence-electron chi connectivity index (χ1n) is 10.7. The number of hydrogen-bond acceptors (Lipinski definition) is 4. The largest absolute Gasteiger partial charge is 0.443 e. The van der Waals surface area contributed by atoms with E-state index in [1.165, 1.54) is 9.80 Å². The highest BCUT2D eigenvalue weighted by Gasteiger charge is 2.29. The van der Waals surface area contributed by atoms with Crippen molar-refractivity contribution >= 4 is 56.9 Å². The van der Waals surface area contributed by atoms with Crippen LogP contribution in [-0.2, 0) is 9.47 Å². The third kappa shape index (κ3) is 6.96. The third-order valence-electron chi connectivity index (χ3n) is 4.37. The van der Waals surface area contributed by atoms with Crippen molar-refractivity contribution in [1.29, 1.82) is 0 Å². The smallest absolute Gasteiger partial charge is 0.415 e. The van der Waals surface area contributed by atoms with Gasteiger partial charge < -0.3 is 9.47 Å². The van der Waals surface area contributed by atoms with Gasteiger partial charge in [0.05, 0.1) is 11.4 Å². The maximum Gasteiger partial charge on any atom is 0.415 e. The predicted octanol–water partition coefficient (Wildman–Crippen LogP) is 7.30. The molecule has 33 heavy (non-hydrogen) atoms. The highest BCUT2D eigenvalue weighted by Crippen LogP contribution is 2.39. The Bertz CT molecular complexity index is 1050. The molecule has 0 aromatic heterocycles. The molecule has 2 aromatic carbocycles. The Kier molecular flexibility index (Phi) is 8.57. The Morgan fingerprint density at radius 3 is 1.70 bits per heavy atom. The number of ether oxygens (including phenoxy) is 2. The van der Waals surface area contributed by atoms with Crippen LogP contribution in [-0.4, -0.2) is 36.5 Å². The Balaban J connectivity index is 2.76. The fourth-order valence-corrected chi connectivity index (χ4v) is 4.08. The van der Waals surface area contributed by atoms with Crippen molar-refractivity contribution in [3.8, 4) is 0 Å². The molecule has 0 saturated carbocycles. The molecule has 7 heteroatoms. The molecule has 0 saturated heterocycles. The van der Waals surface area contributed by atoms with E-state index in [4.69, 9.17) is 9.47 Å². The van der Waals surface area contributed by atoms with Crippen LogP contribution in [0.4, 0.5) is 21.0 Å². The summed E-state index contributed by atoms with van der Waals surface area (Å²) in [5.74, 6) is 0. The normalized spacial score (nSPS) is 11.6. The monoisotopic (exact) mass is 564 g/mol. The van der Waals surface area contributed by atoms with E-state index in [1.54, 1.807) is 12.2 Å². The van der Waals surface area contributed by atoms with Crippen LogP contribution in [0.2, 0.25) is 0 Å². The maximum atomic E-state index is 13.1. The molecule has 0 spiro atoms.